The summed E-state index contributed by atoms with van der Waals surface area (Å²) in [7, 11) is 0. The number of anilines is 1. The number of para-hydroxylation sites is 1. The number of benzene rings is 3. The number of carbonyl (C=O) groups excluding carboxylic acids is 2. The Balaban J connectivity index is 1.86. The zero-order valence-electron chi connectivity index (χ0n) is 15.4. The standard InChI is InChI=1S/C22H16F3NO4/c23-15-10-12-16(13-11-15)26-20(27)19(14-6-2-1-3-7-14)30-21(28)17-8-4-5-9-18(17)29-22(24)25/h1-13,19,22H,(H,26,27)/t19-/m0/s1. The molecule has 3 aromatic carbocycles. The summed E-state index contributed by atoms with van der Waals surface area (Å²) in [6, 6.07) is 18.5. The van der Waals surface area contributed by atoms with E-state index in [9.17, 15) is 22.8 Å². The van der Waals surface area contributed by atoms with Crippen molar-refractivity contribution >= 4 is 17.6 Å². The lowest BCUT2D eigenvalue weighted by molar-refractivity contribution is -0.125. The molecule has 0 saturated heterocycles. The molecule has 1 N–H and O–H groups in total. The molecular weight excluding hydrogens is 399 g/mol. The maximum Gasteiger partial charge on any atom is 0.387 e. The quantitative estimate of drug-likeness (QED) is 0.554. The minimum atomic E-state index is -3.13. The summed E-state index contributed by atoms with van der Waals surface area (Å²) in [5.41, 5.74) is 0.394. The molecule has 154 valence electrons. The zero-order valence-corrected chi connectivity index (χ0v) is 15.4. The molecule has 0 aliphatic carbocycles. The number of hydrogen-bond acceptors (Lipinski definition) is 4. The van der Waals surface area contributed by atoms with Gasteiger partial charge in [-0.25, -0.2) is 9.18 Å². The van der Waals surface area contributed by atoms with E-state index >= 15 is 0 Å². The van der Waals surface area contributed by atoms with Gasteiger partial charge in [-0.1, -0.05) is 42.5 Å². The number of carbonyl (C=O) groups is 2. The second-order valence-corrected chi connectivity index (χ2v) is 6.07. The molecule has 0 aliphatic rings. The van der Waals surface area contributed by atoms with Crippen molar-refractivity contribution in [3.63, 3.8) is 0 Å². The summed E-state index contributed by atoms with van der Waals surface area (Å²) < 4.78 is 48.0. The van der Waals surface area contributed by atoms with Crippen molar-refractivity contribution in [3.05, 3.63) is 95.8 Å². The van der Waals surface area contributed by atoms with Gasteiger partial charge in [0.15, 0.2) is 0 Å². The topological polar surface area (TPSA) is 64.6 Å². The molecule has 1 amide bonds. The number of alkyl halides is 2. The number of ether oxygens (including phenoxy) is 2. The highest BCUT2D eigenvalue weighted by molar-refractivity contribution is 5.99. The van der Waals surface area contributed by atoms with Gasteiger partial charge in [-0.05, 0) is 36.4 Å². The van der Waals surface area contributed by atoms with Gasteiger partial charge in [0.25, 0.3) is 5.91 Å². The Kier molecular flexibility index (Phi) is 6.69. The Labute approximate surface area is 170 Å². The lowest BCUT2D eigenvalue weighted by Gasteiger charge is -2.19. The van der Waals surface area contributed by atoms with E-state index in [1.54, 1.807) is 30.3 Å². The molecule has 8 heteroatoms. The molecule has 0 unspecified atom stereocenters. The monoisotopic (exact) mass is 415 g/mol. The first-order chi connectivity index (χ1) is 14.4. The lowest BCUT2D eigenvalue weighted by atomic mass is 10.1. The molecule has 3 rings (SSSR count). The third-order valence-corrected chi connectivity index (χ3v) is 4.00. The summed E-state index contributed by atoms with van der Waals surface area (Å²) >= 11 is 0. The van der Waals surface area contributed by atoms with Gasteiger partial charge < -0.3 is 14.8 Å². The van der Waals surface area contributed by atoms with Gasteiger partial charge in [-0.3, -0.25) is 4.79 Å². The molecule has 0 heterocycles. The maximum atomic E-state index is 13.1. The van der Waals surface area contributed by atoms with Crippen LogP contribution in [0.5, 0.6) is 5.75 Å². The highest BCUT2D eigenvalue weighted by Crippen LogP contribution is 2.26. The fourth-order valence-electron chi connectivity index (χ4n) is 2.65. The van der Waals surface area contributed by atoms with Crippen LogP contribution < -0.4 is 10.1 Å². The van der Waals surface area contributed by atoms with Gasteiger partial charge in [-0.2, -0.15) is 8.78 Å². The zero-order chi connectivity index (χ0) is 21.5. The van der Waals surface area contributed by atoms with Crippen molar-refractivity contribution < 1.29 is 32.2 Å². The molecule has 0 aromatic heterocycles. The van der Waals surface area contributed by atoms with Crippen LogP contribution in [0.15, 0.2) is 78.9 Å². The van der Waals surface area contributed by atoms with Crippen LogP contribution in [0, 0.1) is 5.82 Å². The molecule has 0 aliphatic heterocycles. The molecule has 0 radical (unpaired) electrons. The summed E-state index contributed by atoms with van der Waals surface area (Å²) in [5.74, 6) is -2.57. The van der Waals surface area contributed by atoms with E-state index in [0.29, 0.717) is 11.3 Å². The van der Waals surface area contributed by atoms with E-state index in [4.69, 9.17) is 4.74 Å². The van der Waals surface area contributed by atoms with Gasteiger partial charge in [0.05, 0.1) is 0 Å². The normalized spacial score (nSPS) is 11.6. The average molecular weight is 415 g/mol. The van der Waals surface area contributed by atoms with Crippen LogP contribution in [0.25, 0.3) is 0 Å². The smallest absolute Gasteiger partial charge is 0.387 e. The van der Waals surface area contributed by atoms with Gasteiger partial charge in [0, 0.05) is 11.3 Å². The number of halogens is 3. The van der Waals surface area contributed by atoms with E-state index < -0.39 is 30.4 Å². The van der Waals surface area contributed by atoms with Crippen molar-refractivity contribution in [2.75, 3.05) is 5.32 Å². The Hall–Kier alpha value is -3.81. The SMILES string of the molecule is O=C(O[C@H](C(=O)Nc1ccc(F)cc1)c1ccccc1)c1ccccc1OC(F)F. The molecule has 30 heavy (non-hydrogen) atoms. The second-order valence-electron chi connectivity index (χ2n) is 6.07. The molecule has 0 saturated carbocycles. The van der Waals surface area contributed by atoms with Crippen molar-refractivity contribution in [1.82, 2.24) is 0 Å². The minimum Gasteiger partial charge on any atom is -0.444 e. The van der Waals surface area contributed by atoms with Crippen molar-refractivity contribution in [1.29, 1.82) is 0 Å². The molecule has 3 aromatic rings. The summed E-state index contributed by atoms with van der Waals surface area (Å²) in [4.78, 5) is 25.4. The van der Waals surface area contributed by atoms with Gasteiger partial charge in [0.1, 0.15) is 17.1 Å². The third kappa shape index (κ3) is 5.38. The molecule has 0 spiro atoms. The predicted octanol–water partition coefficient (Wildman–Crippen LogP) is 4.96. The Morgan fingerprint density at radius 3 is 2.13 bits per heavy atom. The first kappa shape index (κ1) is 20.9. The molecule has 0 fully saturated rings. The highest BCUT2D eigenvalue weighted by atomic mass is 19.3. The Morgan fingerprint density at radius 2 is 1.47 bits per heavy atom. The van der Waals surface area contributed by atoms with Crippen LogP contribution in [-0.4, -0.2) is 18.5 Å². The molecular formula is C22H16F3NO4. The molecule has 1 atom stereocenters. The number of hydrogen-bond donors (Lipinski definition) is 1. The fourth-order valence-corrected chi connectivity index (χ4v) is 2.65. The van der Waals surface area contributed by atoms with Crippen LogP contribution in [0.3, 0.4) is 0 Å². The van der Waals surface area contributed by atoms with Crippen LogP contribution in [0.2, 0.25) is 0 Å². The number of esters is 1. The van der Waals surface area contributed by atoms with E-state index in [0.717, 1.165) is 12.1 Å². The minimum absolute atomic E-state index is 0.256. The highest BCUT2D eigenvalue weighted by Gasteiger charge is 2.27. The number of nitrogens with one attached hydrogen (secondary N) is 1. The van der Waals surface area contributed by atoms with E-state index in [2.05, 4.69) is 10.1 Å². The van der Waals surface area contributed by atoms with Gasteiger partial charge in [0.2, 0.25) is 6.10 Å². The van der Waals surface area contributed by atoms with Crippen molar-refractivity contribution in [3.8, 4) is 5.75 Å². The van der Waals surface area contributed by atoms with Crippen LogP contribution >= 0.6 is 0 Å². The summed E-state index contributed by atoms with van der Waals surface area (Å²) in [6.45, 7) is -3.13. The Morgan fingerprint density at radius 1 is 0.833 bits per heavy atom. The maximum absolute atomic E-state index is 13.1. The largest absolute Gasteiger partial charge is 0.444 e. The van der Waals surface area contributed by atoms with Gasteiger partial charge >= 0.3 is 12.6 Å². The summed E-state index contributed by atoms with van der Waals surface area (Å²) in [6.07, 6.45) is -1.39. The Bertz CT molecular complexity index is 1010. The van der Waals surface area contributed by atoms with E-state index in [1.807, 2.05) is 0 Å². The lowest BCUT2D eigenvalue weighted by Crippen LogP contribution is -2.26. The van der Waals surface area contributed by atoms with Crippen LogP contribution in [0.1, 0.15) is 22.0 Å². The average Bonchev–Trinajstić information content (AvgIpc) is 2.74. The van der Waals surface area contributed by atoms with Crippen LogP contribution in [-0.2, 0) is 9.53 Å². The number of rotatable bonds is 7. The second kappa shape index (κ2) is 9.60. The van der Waals surface area contributed by atoms with Gasteiger partial charge in [-0.15, -0.1) is 0 Å². The van der Waals surface area contributed by atoms with Crippen molar-refractivity contribution in [2.24, 2.45) is 0 Å². The fraction of sp³-hybridized carbons (Fsp3) is 0.0909. The first-order valence-electron chi connectivity index (χ1n) is 8.80. The molecule has 0 bridgehead atoms. The van der Waals surface area contributed by atoms with Crippen molar-refractivity contribution in [2.45, 2.75) is 12.7 Å². The predicted molar refractivity (Wildman–Crippen MR) is 103 cm³/mol. The van der Waals surface area contributed by atoms with Crippen LogP contribution in [0.4, 0.5) is 18.9 Å². The van der Waals surface area contributed by atoms with E-state index in [1.165, 1.54) is 36.4 Å². The molecule has 5 nitrogen and oxygen atoms in total. The summed E-state index contributed by atoms with van der Waals surface area (Å²) in [5, 5.41) is 2.54. The van der Waals surface area contributed by atoms with E-state index in [-0.39, 0.29) is 11.3 Å². The third-order valence-electron chi connectivity index (χ3n) is 4.00. The first-order valence-corrected chi connectivity index (χ1v) is 8.80. The number of amides is 1.